The normalized spacial score (nSPS) is 8.12. The summed E-state index contributed by atoms with van der Waals surface area (Å²) in [4.78, 5) is 9.04. The number of benzene rings is 1. The maximum Gasteiger partial charge on any atom is 0.134 e. The lowest BCUT2D eigenvalue weighted by Crippen LogP contribution is -1.95. The molecule has 3 nitrogen and oxygen atoms in total. The number of carbonyl (C=O) groups is 1. The summed E-state index contributed by atoms with van der Waals surface area (Å²) in [5.41, 5.74) is 1.62. The van der Waals surface area contributed by atoms with Gasteiger partial charge in [0.05, 0.1) is 23.2 Å². The van der Waals surface area contributed by atoms with Gasteiger partial charge in [0.25, 0.3) is 0 Å². The number of aldehydes is 1. The molecule has 0 atom stereocenters. The molecule has 0 saturated heterocycles. The second-order valence-corrected chi connectivity index (χ2v) is 3.22. The Morgan fingerprint density at radius 3 is 2.24 bits per heavy atom. The van der Waals surface area contributed by atoms with Crippen LogP contribution in [0.3, 0.4) is 0 Å². The molecule has 1 rings (SSSR count). The summed E-state index contributed by atoms with van der Waals surface area (Å²) in [6.45, 7) is 4.01. The molecule has 0 aliphatic rings. The van der Waals surface area contributed by atoms with E-state index in [1.165, 1.54) is 0 Å². The van der Waals surface area contributed by atoms with E-state index in [1.54, 1.807) is 13.1 Å². The fourth-order valence-electron chi connectivity index (χ4n) is 0.981. The molecular formula is C12H19Cl2NO2. The number of rotatable bonds is 3. The Kier molecular flexibility index (Phi) is 14.5. The quantitative estimate of drug-likeness (QED) is 0.659. The molecule has 0 saturated carbocycles. The molecule has 0 fully saturated rings. The zero-order valence-corrected chi connectivity index (χ0v) is 11.8. The van der Waals surface area contributed by atoms with Gasteiger partial charge in [-0.15, -0.1) is 11.6 Å². The van der Waals surface area contributed by atoms with E-state index in [-0.39, 0.29) is 12.5 Å². The third-order valence-corrected chi connectivity index (χ3v) is 2.02. The van der Waals surface area contributed by atoms with Crippen LogP contribution in [0.4, 0.5) is 5.69 Å². The van der Waals surface area contributed by atoms with Crippen LogP contribution < -0.4 is 5.32 Å². The van der Waals surface area contributed by atoms with Gasteiger partial charge in [0.1, 0.15) is 6.29 Å². The SMILES string of the molecule is CC.CNc1c(Cl)cccc1CO.O=CCCl. The van der Waals surface area contributed by atoms with Gasteiger partial charge >= 0.3 is 0 Å². The highest BCUT2D eigenvalue weighted by Crippen LogP contribution is 2.24. The van der Waals surface area contributed by atoms with Crippen LogP contribution in [0.2, 0.25) is 5.02 Å². The zero-order chi connectivity index (χ0) is 13.7. The molecule has 0 unspecified atom stereocenters. The molecule has 17 heavy (non-hydrogen) atoms. The number of anilines is 1. The van der Waals surface area contributed by atoms with Crippen molar-refractivity contribution in [2.75, 3.05) is 18.2 Å². The highest BCUT2D eigenvalue weighted by Gasteiger charge is 2.02. The molecule has 1 aromatic rings. The van der Waals surface area contributed by atoms with Crippen molar-refractivity contribution in [2.24, 2.45) is 0 Å². The minimum atomic E-state index is 0.0106. The lowest BCUT2D eigenvalue weighted by molar-refractivity contribution is -0.105. The lowest BCUT2D eigenvalue weighted by atomic mass is 10.2. The Bertz CT molecular complexity index is 307. The smallest absolute Gasteiger partial charge is 0.134 e. The van der Waals surface area contributed by atoms with Gasteiger partial charge in [-0.25, -0.2) is 0 Å². The number of carbonyl (C=O) groups excluding carboxylic acids is 1. The fraction of sp³-hybridized carbons (Fsp3) is 0.417. The van der Waals surface area contributed by atoms with Crippen molar-refractivity contribution < 1.29 is 9.90 Å². The van der Waals surface area contributed by atoms with E-state index in [0.717, 1.165) is 11.3 Å². The number of aliphatic hydroxyl groups excluding tert-OH is 1. The van der Waals surface area contributed by atoms with Crippen LogP contribution in [-0.2, 0) is 11.4 Å². The highest BCUT2D eigenvalue weighted by atomic mass is 35.5. The number of hydrogen-bond donors (Lipinski definition) is 2. The van der Waals surface area contributed by atoms with Crippen LogP contribution in [-0.4, -0.2) is 24.3 Å². The van der Waals surface area contributed by atoms with Crippen LogP contribution in [0.15, 0.2) is 18.2 Å². The van der Waals surface area contributed by atoms with E-state index in [4.69, 9.17) is 33.1 Å². The van der Waals surface area contributed by atoms with Gasteiger partial charge in [-0.3, -0.25) is 0 Å². The number of nitrogens with one attached hydrogen (secondary N) is 1. The Labute approximate surface area is 113 Å². The molecule has 0 bridgehead atoms. The summed E-state index contributed by atoms with van der Waals surface area (Å²) < 4.78 is 0. The second-order valence-electron chi connectivity index (χ2n) is 2.50. The summed E-state index contributed by atoms with van der Waals surface area (Å²) in [7, 11) is 1.78. The third-order valence-electron chi connectivity index (χ3n) is 1.58. The number of halogens is 2. The molecule has 0 aliphatic heterocycles. The van der Waals surface area contributed by atoms with Gasteiger partial charge < -0.3 is 15.2 Å². The van der Waals surface area contributed by atoms with Crippen LogP contribution in [0.25, 0.3) is 0 Å². The van der Waals surface area contributed by atoms with E-state index in [9.17, 15) is 0 Å². The van der Waals surface area contributed by atoms with Crippen molar-refractivity contribution in [3.63, 3.8) is 0 Å². The summed E-state index contributed by atoms with van der Waals surface area (Å²) in [5.74, 6) is 0.111. The molecule has 0 aromatic heterocycles. The topological polar surface area (TPSA) is 49.3 Å². The molecule has 0 radical (unpaired) electrons. The van der Waals surface area contributed by atoms with Crippen LogP contribution in [0, 0.1) is 0 Å². The van der Waals surface area contributed by atoms with E-state index in [0.29, 0.717) is 11.3 Å². The Morgan fingerprint density at radius 1 is 1.41 bits per heavy atom. The summed E-state index contributed by atoms with van der Waals surface area (Å²) in [6.07, 6.45) is 0.640. The number of alkyl halides is 1. The Balaban J connectivity index is 0. The number of para-hydroxylation sites is 1. The second kappa shape index (κ2) is 13.3. The van der Waals surface area contributed by atoms with E-state index in [2.05, 4.69) is 5.32 Å². The molecule has 5 heteroatoms. The van der Waals surface area contributed by atoms with Gasteiger partial charge in [0, 0.05) is 12.6 Å². The lowest BCUT2D eigenvalue weighted by Gasteiger charge is -2.07. The first-order chi connectivity index (χ1) is 8.21. The molecule has 0 amide bonds. The van der Waals surface area contributed by atoms with Gasteiger partial charge in [0.15, 0.2) is 0 Å². The largest absolute Gasteiger partial charge is 0.392 e. The molecule has 1 aromatic carbocycles. The summed E-state index contributed by atoms with van der Waals surface area (Å²) in [5, 5.41) is 12.4. The summed E-state index contributed by atoms with van der Waals surface area (Å²) in [6, 6.07) is 5.43. The van der Waals surface area contributed by atoms with Crippen LogP contribution >= 0.6 is 23.2 Å². The van der Waals surface area contributed by atoms with Gasteiger partial charge in [-0.2, -0.15) is 0 Å². The van der Waals surface area contributed by atoms with Crippen LogP contribution in [0.1, 0.15) is 19.4 Å². The minimum Gasteiger partial charge on any atom is -0.392 e. The van der Waals surface area contributed by atoms with Crippen molar-refractivity contribution in [1.82, 2.24) is 0 Å². The third kappa shape index (κ3) is 8.02. The molecule has 0 heterocycles. The maximum absolute atomic E-state index is 9.04. The van der Waals surface area contributed by atoms with E-state index < -0.39 is 0 Å². The van der Waals surface area contributed by atoms with E-state index >= 15 is 0 Å². The van der Waals surface area contributed by atoms with Crippen LogP contribution in [0.5, 0.6) is 0 Å². The predicted octanol–water partition coefficient (Wildman–Crippen LogP) is 3.32. The van der Waals surface area contributed by atoms with Crippen molar-refractivity contribution in [3.05, 3.63) is 28.8 Å². The molecule has 0 aliphatic carbocycles. The molecular weight excluding hydrogens is 261 g/mol. The first kappa shape index (κ1) is 18.6. The average Bonchev–Trinajstić information content (AvgIpc) is 2.41. The van der Waals surface area contributed by atoms with Crippen molar-refractivity contribution in [1.29, 1.82) is 0 Å². The van der Waals surface area contributed by atoms with Gasteiger partial charge in [-0.05, 0) is 6.07 Å². The fourth-order valence-corrected chi connectivity index (χ4v) is 1.27. The van der Waals surface area contributed by atoms with Crippen molar-refractivity contribution in [3.8, 4) is 0 Å². The van der Waals surface area contributed by atoms with Gasteiger partial charge in [0.2, 0.25) is 0 Å². The maximum atomic E-state index is 9.04. The van der Waals surface area contributed by atoms with E-state index in [1.807, 2.05) is 26.0 Å². The first-order valence-electron chi connectivity index (χ1n) is 5.26. The van der Waals surface area contributed by atoms with Gasteiger partial charge in [-0.1, -0.05) is 37.6 Å². The minimum absolute atomic E-state index is 0.0106. The average molecular weight is 280 g/mol. The standard InChI is InChI=1S/C8H10ClNO.C2H3ClO.C2H6/c1-10-8-6(5-11)3-2-4-7(8)9;3-1-2-4;1-2/h2-4,10-11H,5H2,1H3;2H,1H2;1-2H3. The molecule has 2 N–H and O–H groups in total. The zero-order valence-electron chi connectivity index (χ0n) is 10.3. The molecule has 0 spiro atoms. The number of hydrogen-bond acceptors (Lipinski definition) is 3. The summed E-state index contributed by atoms with van der Waals surface area (Å²) >= 11 is 10.7. The van der Waals surface area contributed by atoms with Crippen molar-refractivity contribution >= 4 is 35.2 Å². The Hall–Kier alpha value is -0.770. The predicted molar refractivity (Wildman–Crippen MR) is 75.1 cm³/mol. The van der Waals surface area contributed by atoms with Crippen molar-refractivity contribution in [2.45, 2.75) is 20.5 Å². The monoisotopic (exact) mass is 279 g/mol. The highest BCUT2D eigenvalue weighted by molar-refractivity contribution is 6.33. The first-order valence-corrected chi connectivity index (χ1v) is 6.18. The molecule has 98 valence electrons. The number of aliphatic hydroxyl groups is 1. The Morgan fingerprint density at radius 2 is 1.94 bits per heavy atom.